The lowest BCUT2D eigenvalue weighted by Crippen LogP contribution is -2.36. The van der Waals surface area contributed by atoms with Gasteiger partial charge in [0, 0.05) is 18.3 Å². The van der Waals surface area contributed by atoms with E-state index in [0.717, 1.165) is 25.2 Å². The first-order valence-corrected chi connectivity index (χ1v) is 5.21. The summed E-state index contributed by atoms with van der Waals surface area (Å²) in [6.45, 7) is 3.72. The quantitative estimate of drug-likeness (QED) is 0.738. The first kappa shape index (κ1) is 10.1. The fourth-order valence-electron chi connectivity index (χ4n) is 1.71. The number of nitrogens with one attached hydrogen (secondary N) is 2. The Balaban J connectivity index is 2.01. The molecule has 0 bridgehead atoms. The van der Waals surface area contributed by atoms with Crippen LogP contribution in [-0.2, 0) is 0 Å². The SMILES string of the molecule is Cc1cccc(C(=O)N[C@@H]2CCNC2)n1. The topological polar surface area (TPSA) is 54.0 Å². The van der Waals surface area contributed by atoms with Crippen LogP contribution in [0.3, 0.4) is 0 Å². The summed E-state index contributed by atoms with van der Waals surface area (Å²) in [5.41, 5.74) is 1.37. The molecule has 1 aliphatic rings. The molecule has 0 aliphatic carbocycles. The van der Waals surface area contributed by atoms with E-state index in [0.29, 0.717) is 5.69 Å². The number of aromatic nitrogens is 1. The van der Waals surface area contributed by atoms with E-state index in [-0.39, 0.29) is 11.9 Å². The van der Waals surface area contributed by atoms with Crippen molar-refractivity contribution in [1.29, 1.82) is 0 Å². The Morgan fingerprint density at radius 2 is 2.47 bits per heavy atom. The van der Waals surface area contributed by atoms with Gasteiger partial charge in [-0.25, -0.2) is 4.98 Å². The smallest absolute Gasteiger partial charge is 0.270 e. The third-order valence-electron chi connectivity index (χ3n) is 2.52. The number of carbonyl (C=O) groups is 1. The van der Waals surface area contributed by atoms with Gasteiger partial charge in [0.2, 0.25) is 0 Å². The molecule has 0 aromatic carbocycles. The average molecular weight is 205 g/mol. The number of amides is 1. The van der Waals surface area contributed by atoms with Crippen LogP contribution in [-0.4, -0.2) is 30.0 Å². The molecule has 1 aromatic rings. The summed E-state index contributed by atoms with van der Waals surface area (Å²) in [5.74, 6) is -0.0765. The van der Waals surface area contributed by atoms with Crippen LogP contribution < -0.4 is 10.6 Å². The lowest BCUT2D eigenvalue weighted by molar-refractivity contribution is 0.0935. The summed E-state index contributed by atoms with van der Waals surface area (Å²) >= 11 is 0. The third kappa shape index (κ3) is 2.53. The van der Waals surface area contributed by atoms with E-state index >= 15 is 0 Å². The maximum Gasteiger partial charge on any atom is 0.270 e. The molecule has 4 heteroatoms. The number of pyridine rings is 1. The molecule has 2 N–H and O–H groups in total. The highest BCUT2D eigenvalue weighted by atomic mass is 16.1. The predicted octanol–water partition coefficient (Wildman–Crippen LogP) is 0.482. The Morgan fingerprint density at radius 1 is 1.60 bits per heavy atom. The highest BCUT2D eigenvalue weighted by Crippen LogP contribution is 2.01. The molecule has 1 aliphatic heterocycles. The molecule has 2 heterocycles. The van der Waals surface area contributed by atoms with Gasteiger partial charge in [-0.1, -0.05) is 6.07 Å². The van der Waals surface area contributed by atoms with Crippen LogP contribution in [0.4, 0.5) is 0 Å². The van der Waals surface area contributed by atoms with Crippen molar-refractivity contribution in [1.82, 2.24) is 15.6 Å². The van der Waals surface area contributed by atoms with Gasteiger partial charge in [0.15, 0.2) is 0 Å². The van der Waals surface area contributed by atoms with Gasteiger partial charge in [-0.3, -0.25) is 4.79 Å². The van der Waals surface area contributed by atoms with Gasteiger partial charge in [0.25, 0.3) is 5.91 Å². The van der Waals surface area contributed by atoms with Crippen molar-refractivity contribution in [3.8, 4) is 0 Å². The molecule has 1 fully saturated rings. The van der Waals surface area contributed by atoms with Crippen molar-refractivity contribution in [2.75, 3.05) is 13.1 Å². The average Bonchev–Trinajstić information content (AvgIpc) is 2.70. The molecular formula is C11H15N3O. The van der Waals surface area contributed by atoms with Crippen LogP contribution >= 0.6 is 0 Å². The zero-order valence-corrected chi connectivity index (χ0v) is 8.79. The van der Waals surface area contributed by atoms with Crippen molar-refractivity contribution >= 4 is 5.91 Å². The molecule has 15 heavy (non-hydrogen) atoms. The molecule has 0 saturated carbocycles. The van der Waals surface area contributed by atoms with Crippen molar-refractivity contribution in [2.45, 2.75) is 19.4 Å². The Morgan fingerprint density at radius 3 is 3.13 bits per heavy atom. The largest absolute Gasteiger partial charge is 0.347 e. The molecule has 1 saturated heterocycles. The summed E-state index contributed by atoms with van der Waals surface area (Å²) in [7, 11) is 0. The molecule has 0 spiro atoms. The van der Waals surface area contributed by atoms with Gasteiger partial charge in [-0.2, -0.15) is 0 Å². The summed E-state index contributed by atoms with van der Waals surface area (Å²) < 4.78 is 0. The van der Waals surface area contributed by atoms with E-state index in [1.807, 2.05) is 19.1 Å². The normalized spacial score (nSPS) is 20.2. The molecular weight excluding hydrogens is 190 g/mol. The highest BCUT2D eigenvalue weighted by molar-refractivity contribution is 5.92. The minimum absolute atomic E-state index is 0.0765. The van der Waals surface area contributed by atoms with E-state index in [4.69, 9.17) is 0 Å². The van der Waals surface area contributed by atoms with Crippen molar-refractivity contribution in [2.24, 2.45) is 0 Å². The third-order valence-corrected chi connectivity index (χ3v) is 2.52. The van der Waals surface area contributed by atoms with Crippen LogP contribution in [0.2, 0.25) is 0 Å². The number of hydrogen-bond donors (Lipinski definition) is 2. The Bertz CT molecular complexity index is 359. The number of hydrogen-bond acceptors (Lipinski definition) is 3. The molecule has 80 valence electrons. The van der Waals surface area contributed by atoms with Crippen LogP contribution in [0.5, 0.6) is 0 Å². The number of nitrogens with zero attached hydrogens (tertiary/aromatic N) is 1. The van der Waals surface area contributed by atoms with Gasteiger partial charge < -0.3 is 10.6 Å². The van der Waals surface area contributed by atoms with Gasteiger partial charge in [0.05, 0.1) is 0 Å². The maximum atomic E-state index is 11.8. The van der Waals surface area contributed by atoms with E-state index in [2.05, 4.69) is 15.6 Å². The fraction of sp³-hybridized carbons (Fsp3) is 0.455. The molecule has 1 amide bonds. The fourth-order valence-corrected chi connectivity index (χ4v) is 1.71. The zero-order chi connectivity index (χ0) is 10.7. The number of aryl methyl sites for hydroxylation is 1. The highest BCUT2D eigenvalue weighted by Gasteiger charge is 2.17. The van der Waals surface area contributed by atoms with Crippen molar-refractivity contribution in [3.05, 3.63) is 29.6 Å². The standard InChI is InChI=1S/C11H15N3O/c1-8-3-2-4-10(13-8)11(15)14-9-5-6-12-7-9/h2-4,9,12H,5-7H2,1H3,(H,14,15)/t9-/m1/s1. The summed E-state index contributed by atoms with van der Waals surface area (Å²) in [6, 6.07) is 5.72. The molecule has 0 unspecified atom stereocenters. The molecule has 1 aromatic heterocycles. The van der Waals surface area contributed by atoms with Crippen LogP contribution in [0.25, 0.3) is 0 Å². The van der Waals surface area contributed by atoms with E-state index < -0.39 is 0 Å². The van der Waals surface area contributed by atoms with Crippen molar-refractivity contribution < 1.29 is 4.79 Å². The Labute approximate surface area is 89.1 Å². The summed E-state index contributed by atoms with van der Waals surface area (Å²) in [4.78, 5) is 15.9. The van der Waals surface area contributed by atoms with Gasteiger partial charge in [-0.05, 0) is 32.0 Å². The van der Waals surface area contributed by atoms with Crippen LogP contribution in [0.15, 0.2) is 18.2 Å². The van der Waals surface area contributed by atoms with E-state index in [9.17, 15) is 4.79 Å². The van der Waals surface area contributed by atoms with E-state index in [1.165, 1.54) is 0 Å². The summed E-state index contributed by atoms with van der Waals surface area (Å²) in [6.07, 6.45) is 0.998. The monoisotopic (exact) mass is 205 g/mol. The van der Waals surface area contributed by atoms with Gasteiger partial charge in [-0.15, -0.1) is 0 Å². The molecule has 0 radical (unpaired) electrons. The second kappa shape index (κ2) is 4.40. The summed E-state index contributed by atoms with van der Waals surface area (Å²) in [5, 5.41) is 6.16. The zero-order valence-electron chi connectivity index (χ0n) is 8.79. The van der Waals surface area contributed by atoms with Gasteiger partial charge >= 0.3 is 0 Å². The Hall–Kier alpha value is -1.42. The molecule has 4 nitrogen and oxygen atoms in total. The van der Waals surface area contributed by atoms with Crippen LogP contribution in [0.1, 0.15) is 22.6 Å². The van der Waals surface area contributed by atoms with Crippen LogP contribution in [0, 0.1) is 6.92 Å². The lowest BCUT2D eigenvalue weighted by atomic mass is 10.2. The van der Waals surface area contributed by atoms with Crippen molar-refractivity contribution in [3.63, 3.8) is 0 Å². The van der Waals surface area contributed by atoms with Gasteiger partial charge in [0.1, 0.15) is 5.69 Å². The molecule has 1 atom stereocenters. The number of carbonyl (C=O) groups excluding carboxylic acids is 1. The Kier molecular flexibility index (Phi) is 2.97. The number of rotatable bonds is 2. The second-order valence-electron chi connectivity index (χ2n) is 3.83. The minimum Gasteiger partial charge on any atom is -0.347 e. The first-order chi connectivity index (χ1) is 7.25. The lowest BCUT2D eigenvalue weighted by Gasteiger charge is -2.10. The maximum absolute atomic E-state index is 11.8. The first-order valence-electron chi connectivity index (χ1n) is 5.21. The molecule has 2 rings (SSSR count). The van der Waals surface area contributed by atoms with E-state index in [1.54, 1.807) is 6.07 Å². The predicted molar refractivity (Wildman–Crippen MR) is 57.7 cm³/mol. The minimum atomic E-state index is -0.0765. The second-order valence-corrected chi connectivity index (χ2v) is 3.83.